The first-order chi connectivity index (χ1) is 8.82. The first kappa shape index (κ1) is 9.83. The van der Waals surface area contributed by atoms with E-state index in [0.29, 0.717) is 5.92 Å². The summed E-state index contributed by atoms with van der Waals surface area (Å²) in [6.07, 6.45) is 4.49. The molecule has 1 aliphatic heterocycles. The number of pyridine rings is 1. The summed E-state index contributed by atoms with van der Waals surface area (Å²) in [7, 11) is 0. The van der Waals surface area contributed by atoms with Gasteiger partial charge in [0.2, 0.25) is 5.91 Å². The lowest BCUT2D eigenvalue weighted by molar-refractivity contribution is -0.118. The van der Waals surface area contributed by atoms with Crippen LogP contribution in [0.15, 0.2) is 48.8 Å². The molecule has 4 rings (SSSR count). The molecule has 1 N–H and O–H groups in total. The zero-order chi connectivity index (χ0) is 12.2. The van der Waals surface area contributed by atoms with Crippen LogP contribution in [-0.4, -0.2) is 10.9 Å². The van der Waals surface area contributed by atoms with Gasteiger partial charge in [0.15, 0.2) is 0 Å². The highest BCUT2D eigenvalue weighted by molar-refractivity contribution is 6.09. The van der Waals surface area contributed by atoms with Crippen molar-refractivity contribution < 1.29 is 4.79 Å². The number of rotatable bonds is 1. The topological polar surface area (TPSA) is 42.0 Å². The predicted molar refractivity (Wildman–Crippen MR) is 68.3 cm³/mol. The van der Waals surface area contributed by atoms with Gasteiger partial charge in [0.25, 0.3) is 0 Å². The van der Waals surface area contributed by atoms with Crippen LogP contribution >= 0.6 is 0 Å². The standard InChI is InChI=1S/C15H12N2O/c18-14-15(11-3-1-2-4-13(11)17-14)9-12(15)10-5-7-16-8-6-10/h1-8,12H,9H2,(H,17,18)/t12-,15+/m1/s1. The van der Waals surface area contributed by atoms with E-state index in [9.17, 15) is 4.79 Å². The van der Waals surface area contributed by atoms with Gasteiger partial charge in [0.05, 0.1) is 5.41 Å². The Kier molecular flexibility index (Phi) is 1.74. The summed E-state index contributed by atoms with van der Waals surface area (Å²) >= 11 is 0. The van der Waals surface area contributed by atoms with E-state index >= 15 is 0 Å². The van der Waals surface area contributed by atoms with E-state index in [4.69, 9.17) is 0 Å². The van der Waals surface area contributed by atoms with Gasteiger partial charge in [-0.2, -0.15) is 0 Å². The number of carbonyl (C=O) groups excluding carboxylic acids is 1. The van der Waals surface area contributed by atoms with E-state index < -0.39 is 0 Å². The van der Waals surface area contributed by atoms with Gasteiger partial charge in [-0.25, -0.2) is 0 Å². The van der Waals surface area contributed by atoms with Crippen LogP contribution in [0.3, 0.4) is 0 Å². The van der Waals surface area contributed by atoms with Gasteiger partial charge in [0.1, 0.15) is 0 Å². The van der Waals surface area contributed by atoms with Crippen molar-refractivity contribution in [2.75, 3.05) is 5.32 Å². The van der Waals surface area contributed by atoms with Crippen molar-refractivity contribution in [3.63, 3.8) is 0 Å². The quantitative estimate of drug-likeness (QED) is 0.826. The summed E-state index contributed by atoms with van der Waals surface area (Å²) in [6, 6.07) is 12.0. The van der Waals surface area contributed by atoms with Crippen molar-refractivity contribution in [1.82, 2.24) is 4.98 Å². The molecule has 1 aliphatic carbocycles. The van der Waals surface area contributed by atoms with Crippen molar-refractivity contribution >= 4 is 11.6 Å². The zero-order valence-electron chi connectivity index (χ0n) is 9.76. The molecule has 1 spiro atoms. The molecule has 18 heavy (non-hydrogen) atoms. The maximum atomic E-state index is 12.3. The van der Waals surface area contributed by atoms with E-state index in [2.05, 4.69) is 16.4 Å². The fourth-order valence-electron chi connectivity index (χ4n) is 3.15. The number of anilines is 1. The van der Waals surface area contributed by atoms with Crippen LogP contribution in [0, 0.1) is 0 Å². The van der Waals surface area contributed by atoms with E-state index in [0.717, 1.165) is 17.7 Å². The number of hydrogen-bond donors (Lipinski definition) is 1. The Morgan fingerprint density at radius 3 is 2.78 bits per heavy atom. The Morgan fingerprint density at radius 1 is 1.17 bits per heavy atom. The summed E-state index contributed by atoms with van der Waals surface area (Å²) in [6.45, 7) is 0. The SMILES string of the molecule is O=C1Nc2ccccc2[C@]12C[C@@H]2c1ccncc1. The third-order valence-electron chi connectivity index (χ3n) is 4.13. The first-order valence-corrected chi connectivity index (χ1v) is 6.13. The average Bonchev–Trinajstić information content (AvgIpc) is 3.10. The molecule has 3 nitrogen and oxygen atoms in total. The zero-order valence-corrected chi connectivity index (χ0v) is 9.76. The smallest absolute Gasteiger partial charge is 0.235 e. The molecule has 1 fully saturated rings. The Bertz CT molecular complexity index is 638. The highest BCUT2D eigenvalue weighted by atomic mass is 16.2. The van der Waals surface area contributed by atoms with E-state index in [1.54, 1.807) is 12.4 Å². The van der Waals surface area contributed by atoms with Crippen LogP contribution in [0.2, 0.25) is 0 Å². The molecule has 1 aromatic carbocycles. The van der Waals surface area contributed by atoms with Crippen LogP contribution in [0.4, 0.5) is 5.69 Å². The number of fused-ring (bicyclic) bond motifs is 2. The Hall–Kier alpha value is -2.16. The number of benzene rings is 1. The van der Waals surface area contributed by atoms with Crippen LogP contribution < -0.4 is 5.32 Å². The molecular weight excluding hydrogens is 224 g/mol. The molecular formula is C15H12N2O. The minimum Gasteiger partial charge on any atom is -0.325 e. The van der Waals surface area contributed by atoms with Gasteiger partial charge in [-0.1, -0.05) is 18.2 Å². The molecule has 2 aromatic rings. The molecule has 1 saturated carbocycles. The second-order valence-corrected chi connectivity index (χ2v) is 5.01. The summed E-state index contributed by atoms with van der Waals surface area (Å²) in [5.41, 5.74) is 3.01. The number of para-hydroxylation sites is 1. The van der Waals surface area contributed by atoms with Crippen molar-refractivity contribution in [3.8, 4) is 0 Å². The molecule has 1 amide bonds. The fourth-order valence-corrected chi connectivity index (χ4v) is 3.15. The molecule has 3 heteroatoms. The Balaban J connectivity index is 1.81. The van der Waals surface area contributed by atoms with E-state index in [-0.39, 0.29) is 11.3 Å². The minimum absolute atomic E-state index is 0.144. The number of hydrogen-bond acceptors (Lipinski definition) is 2. The molecule has 2 heterocycles. The molecule has 0 radical (unpaired) electrons. The van der Waals surface area contributed by atoms with Crippen molar-refractivity contribution in [2.45, 2.75) is 17.8 Å². The van der Waals surface area contributed by atoms with Gasteiger partial charge in [-0.3, -0.25) is 9.78 Å². The maximum Gasteiger partial charge on any atom is 0.235 e. The molecule has 1 aromatic heterocycles. The number of aromatic nitrogens is 1. The van der Waals surface area contributed by atoms with E-state index in [1.807, 2.05) is 30.3 Å². The second-order valence-electron chi connectivity index (χ2n) is 5.01. The largest absolute Gasteiger partial charge is 0.325 e. The lowest BCUT2D eigenvalue weighted by Crippen LogP contribution is -2.20. The van der Waals surface area contributed by atoms with Crippen LogP contribution in [0.5, 0.6) is 0 Å². The Labute approximate surface area is 105 Å². The summed E-state index contributed by atoms with van der Waals surface area (Å²) < 4.78 is 0. The minimum atomic E-state index is -0.321. The lowest BCUT2D eigenvalue weighted by Gasteiger charge is -2.08. The van der Waals surface area contributed by atoms with Crippen molar-refractivity contribution in [1.29, 1.82) is 0 Å². The molecule has 88 valence electrons. The number of nitrogens with zero attached hydrogens (tertiary/aromatic N) is 1. The number of amides is 1. The monoisotopic (exact) mass is 236 g/mol. The predicted octanol–water partition coefficient (Wildman–Crippen LogP) is 2.46. The summed E-state index contributed by atoms with van der Waals surface area (Å²) in [4.78, 5) is 16.3. The Morgan fingerprint density at radius 2 is 1.94 bits per heavy atom. The van der Waals surface area contributed by atoms with Crippen LogP contribution in [0.1, 0.15) is 23.5 Å². The van der Waals surface area contributed by atoms with Crippen molar-refractivity contribution in [2.24, 2.45) is 0 Å². The molecule has 0 saturated heterocycles. The third kappa shape index (κ3) is 1.09. The number of carbonyl (C=O) groups is 1. The average molecular weight is 236 g/mol. The highest BCUT2D eigenvalue weighted by Crippen LogP contribution is 2.64. The fraction of sp³-hybridized carbons (Fsp3) is 0.200. The highest BCUT2D eigenvalue weighted by Gasteiger charge is 2.64. The third-order valence-corrected chi connectivity index (χ3v) is 4.13. The first-order valence-electron chi connectivity index (χ1n) is 6.13. The van der Waals surface area contributed by atoms with E-state index in [1.165, 1.54) is 5.56 Å². The molecule has 2 atom stereocenters. The van der Waals surface area contributed by atoms with Gasteiger partial charge in [-0.05, 0) is 35.7 Å². The van der Waals surface area contributed by atoms with Gasteiger partial charge >= 0.3 is 0 Å². The number of nitrogens with one attached hydrogen (secondary N) is 1. The summed E-state index contributed by atoms with van der Waals surface area (Å²) in [5, 5.41) is 3.00. The molecule has 2 aliphatic rings. The van der Waals surface area contributed by atoms with Gasteiger partial charge < -0.3 is 5.32 Å². The maximum absolute atomic E-state index is 12.3. The summed E-state index contributed by atoms with van der Waals surface area (Å²) in [5.74, 6) is 0.440. The lowest BCUT2D eigenvalue weighted by atomic mass is 9.92. The molecule has 0 bridgehead atoms. The van der Waals surface area contributed by atoms with Gasteiger partial charge in [0, 0.05) is 24.0 Å². The van der Waals surface area contributed by atoms with Gasteiger partial charge in [-0.15, -0.1) is 0 Å². The molecule has 0 unspecified atom stereocenters. The van der Waals surface area contributed by atoms with Crippen LogP contribution in [0.25, 0.3) is 0 Å². The van der Waals surface area contributed by atoms with Crippen LogP contribution in [-0.2, 0) is 10.2 Å². The second kappa shape index (κ2) is 3.19. The normalized spacial score (nSPS) is 28.0. The van der Waals surface area contributed by atoms with Crippen molar-refractivity contribution in [3.05, 3.63) is 59.9 Å².